The fourth-order valence-electron chi connectivity index (χ4n) is 2.31. The van der Waals surface area contributed by atoms with Crippen LogP contribution in [0, 0.1) is 12.8 Å². The first-order chi connectivity index (χ1) is 8.06. The predicted molar refractivity (Wildman–Crippen MR) is 76.2 cm³/mol. The number of anilines is 1. The van der Waals surface area contributed by atoms with Crippen molar-refractivity contribution >= 4 is 28.9 Å². The van der Waals surface area contributed by atoms with Gasteiger partial charge in [0.2, 0.25) is 0 Å². The zero-order chi connectivity index (χ0) is 12.4. The predicted octanol–water partition coefficient (Wildman–Crippen LogP) is 5.29. The van der Waals surface area contributed by atoms with Crippen molar-refractivity contribution in [3.8, 4) is 0 Å². The average Bonchev–Trinajstić information content (AvgIpc) is 2.20. The lowest BCUT2D eigenvalue weighted by molar-refractivity contribution is 0.286. The van der Waals surface area contributed by atoms with Gasteiger partial charge in [-0.15, -0.1) is 0 Å². The number of halogens is 2. The molecule has 1 nitrogen and oxygen atoms in total. The van der Waals surface area contributed by atoms with E-state index in [0.29, 0.717) is 6.04 Å². The summed E-state index contributed by atoms with van der Waals surface area (Å²) in [6.45, 7) is 4.18. The highest BCUT2D eigenvalue weighted by Crippen LogP contribution is 2.33. The molecule has 1 aromatic carbocycles. The maximum absolute atomic E-state index is 6.21. The van der Waals surface area contributed by atoms with Crippen molar-refractivity contribution < 1.29 is 0 Å². The molecule has 1 aromatic rings. The van der Waals surface area contributed by atoms with Gasteiger partial charge in [-0.2, -0.15) is 0 Å². The minimum absolute atomic E-state index is 0.455. The Hall–Kier alpha value is -0.400. The number of aryl methyl sites for hydroxylation is 1. The molecule has 1 unspecified atom stereocenters. The number of rotatable bonds is 4. The molecule has 0 amide bonds. The van der Waals surface area contributed by atoms with Crippen LogP contribution in [0.4, 0.5) is 5.69 Å². The van der Waals surface area contributed by atoms with Gasteiger partial charge in [-0.1, -0.05) is 42.5 Å². The van der Waals surface area contributed by atoms with Crippen molar-refractivity contribution in [1.82, 2.24) is 0 Å². The summed E-state index contributed by atoms with van der Waals surface area (Å²) in [6.07, 6.45) is 5.39. The van der Waals surface area contributed by atoms with Crippen LogP contribution in [0.2, 0.25) is 10.0 Å². The van der Waals surface area contributed by atoms with Gasteiger partial charge in [-0.05, 0) is 43.9 Å². The SMILES string of the molecule is Cc1cc(Cl)c(NC(C)CC2CCC2)cc1Cl. The standard InChI is InChI=1S/C14H19Cl2N/c1-9-6-13(16)14(8-12(9)15)17-10(2)7-11-4-3-5-11/h6,8,10-11,17H,3-5,7H2,1-2H3. The average molecular weight is 272 g/mol. The van der Waals surface area contributed by atoms with Crippen LogP contribution in [0.15, 0.2) is 12.1 Å². The van der Waals surface area contributed by atoms with Gasteiger partial charge >= 0.3 is 0 Å². The highest BCUT2D eigenvalue weighted by atomic mass is 35.5. The molecule has 1 aliphatic rings. The van der Waals surface area contributed by atoms with Crippen molar-refractivity contribution in [3.63, 3.8) is 0 Å². The molecular formula is C14H19Cl2N. The van der Waals surface area contributed by atoms with E-state index >= 15 is 0 Å². The smallest absolute Gasteiger partial charge is 0.0641 e. The van der Waals surface area contributed by atoms with Gasteiger partial charge < -0.3 is 5.32 Å². The van der Waals surface area contributed by atoms with Crippen LogP contribution in [-0.2, 0) is 0 Å². The summed E-state index contributed by atoms with van der Waals surface area (Å²) < 4.78 is 0. The molecule has 2 rings (SSSR count). The van der Waals surface area contributed by atoms with Crippen LogP contribution >= 0.6 is 23.2 Å². The summed E-state index contributed by atoms with van der Waals surface area (Å²) in [5, 5.41) is 4.99. The summed E-state index contributed by atoms with van der Waals surface area (Å²) in [6, 6.07) is 4.30. The Kier molecular flexibility index (Phi) is 4.22. The normalized spacial score (nSPS) is 17.6. The molecule has 17 heavy (non-hydrogen) atoms. The molecule has 1 fully saturated rings. The minimum atomic E-state index is 0.455. The molecule has 0 heterocycles. The molecule has 1 N–H and O–H groups in total. The van der Waals surface area contributed by atoms with E-state index in [2.05, 4.69) is 12.2 Å². The van der Waals surface area contributed by atoms with E-state index in [9.17, 15) is 0 Å². The molecule has 94 valence electrons. The highest BCUT2D eigenvalue weighted by molar-refractivity contribution is 6.35. The molecule has 0 aliphatic heterocycles. The lowest BCUT2D eigenvalue weighted by Crippen LogP contribution is -2.23. The lowest BCUT2D eigenvalue weighted by atomic mass is 9.81. The van der Waals surface area contributed by atoms with E-state index < -0.39 is 0 Å². The zero-order valence-electron chi connectivity index (χ0n) is 10.4. The quantitative estimate of drug-likeness (QED) is 0.785. The van der Waals surface area contributed by atoms with Crippen molar-refractivity contribution in [2.24, 2.45) is 5.92 Å². The summed E-state index contributed by atoms with van der Waals surface area (Å²) >= 11 is 12.3. The van der Waals surface area contributed by atoms with Crippen LogP contribution in [0.5, 0.6) is 0 Å². The Morgan fingerprint density at radius 3 is 2.59 bits per heavy atom. The number of nitrogens with one attached hydrogen (secondary N) is 1. The molecule has 3 heteroatoms. The van der Waals surface area contributed by atoms with E-state index in [1.807, 2.05) is 19.1 Å². The second-order valence-electron chi connectivity index (χ2n) is 5.16. The molecule has 0 aromatic heterocycles. The Balaban J connectivity index is 1.99. The van der Waals surface area contributed by atoms with Crippen molar-refractivity contribution in [2.75, 3.05) is 5.32 Å². The van der Waals surface area contributed by atoms with E-state index in [1.54, 1.807) is 0 Å². The summed E-state index contributed by atoms with van der Waals surface area (Å²) in [4.78, 5) is 0. The maximum Gasteiger partial charge on any atom is 0.0641 e. The Morgan fingerprint density at radius 1 is 1.29 bits per heavy atom. The van der Waals surface area contributed by atoms with Gasteiger partial charge in [0.25, 0.3) is 0 Å². The summed E-state index contributed by atoms with van der Waals surface area (Å²) in [5.74, 6) is 0.900. The number of benzene rings is 1. The second-order valence-corrected chi connectivity index (χ2v) is 5.97. The van der Waals surface area contributed by atoms with Crippen molar-refractivity contribution in [3.05, 3.63) is 27.7 Å². The summed E-state index contributed by atoms with van der Waals surface area (Å²) in [5.41, 5.74) is 1.97. The topological polar surface area (TPSA) is 12.0 Å². The Labute approximate surface area is 114 Å². The van der Waals surface area contributed by atoms with E-state index in [4.69, 9.17) is 23.2 Å². The molecule has 0 bridgehead atoms. The molecule has 1 atom stereocenters. The van der Waals surface area contributed by atoms with Gasteiger partial charge in [-0.25, -0.2) is 0 Å². The van der Waals surface area contributed by atoms with Crippen LogP contribution < -0.4 is 5.32 Å². The van der Waals surface area contributed by atoms with Gasteiger partial charge in [0.15, 0.2) is 0 Å². The Bertz CT molecular complexity index is 399. The third kappa shape index (κ3) is 3.29. The largest absolute Gasteiger partial charge is 0.381 e. The summed E-state index contributed by atoms with van der Waals surface area (Å²) in [7, 11) is 0. The highest BCUT2D eigenvalue weighted by Gasteiger charge is 2.20. The maximum atomic E-state index is 6.21. The third-order valence-corrected chi connectivity index (χ3v) is 4.28. The molecule has 0 saturated heterocycles. The van der Waals surface area contributed by atoms with Crippen molar-refractivity contribution in [1.29, 1.82) is 0 Å². The fourth-order valence-corrected chi connectivity index (χ4v) is 2.75. The van der Waals surface area contributed by atoms with Gasteiger partial charge in [0, 0.05) is 11.1 Å². The van der Waals surface area contributed by atoms with E-state index in [-0.39, 0.29) is 0 Å². The molecule has 1 saturated carbocycles. The molecule has 0 radical (unpaired) electrons. The van der Waals surface area contributed by atoms with Gasteiger partial charge in [0.05, 0.1) is 10.7 Å². The Morgan fingerprint density at radius 2 is 2.00 bits per heavy atom. The van der Waals surface area contributed by atoms with Crippen LogP contribution in [0.25, 0.3) is 0 Å². The van der Waals surface area contributed by atoms with E-state index in [0.717, 1.165) is 27.2 Å². The van der Waals surface area contributed by atoms with Crippen LogP contribution in [-0.4, -0.2) is 6.04 Å². The lowest BCUT2D eigenvalue weighted by Gasteiger charge is -2.29. The number of hydrogen-bond acceptors (Lipinski definition) is 1. The first kappa shape index (κ1) is 13.0. The first-order valence-electron chi connectivity index (χ1n) is 6.28. The molecule has 0 spiro atoms. The molecular weight excluding hydrogens is 253 g/mol. The number of hydrogen-bond donors (Lipinski definition) is 1. The third-order valence-electron chi connectivity index (χ3n) is 3.56. The van der Waals surface area contributed by atoms with Crippen LogP contribution in [0.3, 0.4) is 0 Å². The fraction of sp³-hybridized carbons (Fsp3) is 0.571. The van der Waals surface area contributed by atoms with Gasteiger partial charge in [0.1, 0.15) is 0 Å². The monoisotopic (exact) mass is 271 g/mol. The molecule has 1 aliphatic carbocycles. The van der Waals surface area contributed by atoms with Crippen molar-refractivity contribution in [2.45, 2.75) is 45.6 Å². The first-order valence-corrected chi connectivity index (χ1v) is 7.04. The van der Waals surface area contributed by atoms with Gasteiger partial charge in [-0.3, -0.25) is 0 Å². The zero-order valence-corrected chi connectivity index (χ0v) is 11.9. The second kappa shape index (κ2) is 5.49. The van der Waals surface area contributed by atoms with E-state index in [1.165, 1.54) is 25.7 Å². The minimum Gasteiger partial charge on any atom is -0.381 e. The van der Waals surface area contributed by atoms with Crippen LogP contribution in [0.1, 0.15) is 38.2 Å².